The van der Waals surface area contributed by atoms with Gasteiger partial charge in [-0.1, -0.05) is 37.0 Å². The van der Waals surface area contributed by atoms with E-state index >= 15 is 0 Å². The van der Waals surface area contributed by atoms with Crippen molar-refractivity contribution in [3.05, 3.63) is 22.2 Å². The van der Waals surface area contributed by atoms with E-state index in [9.17, 15) is 8.42 Å². The first kappa shape index (κ1) is 15.6. The average molecular weight is 311 g/mol. The minimum absolute atomic E-state index is 0.0500. The monoisotopic (exact) mass is 310 g/mol. The van der Waals surface area contributed by atoms with Gasteiger partial charge in [0.2, 0.25) is 10.0 Å². The minimum atomic E-state index is -3.70. The maximum Gasteiger partial charge on any atom is 0.242 e. The molecule has 0 saturated heterocycles. The summed E-state index contributed by atoms with van der Waals surface area (Å²) in [5, 5.41) is 0.182. The molecule has 0 aliphatic rings. The standard InChI is InChI=1S/C11H16Cl2N2O2S/c1-6(2)7(3)15-18(16,17)9-5-4-8(12)11(14)10(9)13/h4-7,15H,14H2,1-3H3. The molecular weight excluding hydrogens is 295 g/mol. The van der Waals surface area contributed by atoms with E-state index in [0.29, 0.717) is 0 Å². The fraction of sp³-hybridized carbons (Fsp3) is 0.455. The Morgan fingerprint density at radius 3 is 2.28 bits per heavy atom. The van der Waals surface area contributed by atoms with Crippen molar-refractivity contribution < 1.29 is 8.42 Å². The Kier molecular flexibility index (Phi) is 4.89. The van der Waals surface area contributed by atoms with Gasteiger partial charge in [-0.25, -0.2) is 13.1 Å². The van der Waals surface area contributed by atoms with Crippen molar-refractivity contribution in [3.8, 4) is 0 Å². The number of hydrogen-bond acceptors (Lipinski definition) is 3. The maximum atomic E-state index is 12.1. The van der Waals surface area contributed by atoms with Gasteiger partial charge in [0.1, 0.15) is 4.90 Å². The van der Waals surface area contributed by atoms with Crippen molar-refractivity contribution in [2.75, 3.05) is 5.73 Å². The van der Waals surface area contributed by atoms with Crippen molar-refractivity contribution in [1.29, 1.82) is 0 Å². The summed E-state index contributed by atoms with van der Waals surface area (Å²) in [6.45, 7) is 5.63. The number of nitrogens with one attached hydrogen (secondary N) is 1. The molecule has 0 bridgehead atoms. The van der Waals surface area contributed by atoms with Crippen LogP contribution in [0.3, 0.4) is 0 Å². The second-order valence-corrected chi connectivity index (χ2v) is 6.89. The van der Waals surface area contributed by atoms with E-state index in [1.807, 2.05) is 13.8 Å². The lowest BCUT2D eigenvalue weighted by Gasteiger charge is -2.18. The molecular formula is C11H16Cl2N2O2S. The molecule has 1 rings (SSSR count). The van der Waals surface area contributed by atoms with E-state index in [4.69, 9.17) is 28.9 Å². The fourth-order valence-electron chi connectivity index (χ4n) is 1.20. The Morgan fingerprint density at radius 1 is 1.22 bits per heavy atom. The second kappa shape index (κ2) is 5.65. The minimum Gasteiger partial charge on any atom is -0.396 e. The third-order valence-electron chi connectivity index (χ3n) is 2.72. The van der Waals surface area contributed by atoms with Crippen LogP contribution in [0.25, 0.3) is 0 Å². The van der Waals surface area contributed by atoms with Crippen molar-refractivity contribution in [2.24, 2.45) is 5.92 Å². The number of sulfonamides is 1. The second-order valence-electron chi connectivity index (χ2n) is 4.43. The van der Waals surface area contributed by atoms with Gasteiger partial charge in [-0.2, -0.15) is 0 Å². The van der Waals surface area contributed by atoms with Gasteiger partial charge < -0.3 is 5.73 Å². The van der Waals surface area contributed by atoms with Gasteiger partial charge in [0.15, 0.2) is 0 Å². The predicted molar refractivity (Wildman–Crippen MR) is 75.5 cm³/mol. The van der Waals surface area contributed by atoms with Crippen LogP contribution in [-0.2, 0) is 10.0 Å². The van der Waals surface area contributed by atoms with Crippen LogP contribution in [0, 0.1) is 5.92 Å². The molecule has 0 aliphatic carbocycles. The molecule has 0 aromatic heterocycles. The molecule has 1 unspecified atom stereocenters. The highest BCUT2D eigenvalue weighted by molar-refractivity contribution is 7.89. The van der Waals surface area contributed by atoms with Crippen LogP contribution in [0.1, 0.15) is 20.8 Å². The third-order valence-corrected chi connectivity index (χ3v) is 5.17. The third kappa shape index (κ3) is 3.29. The van der Waals surface area contributed by atoms with Crippen LogP contribution in [0.2, 0.25) is 10.0 Å². The normalized spacial score (nSPS) is 13.9. The SMILES string of the molecule is CC(C)C(C)NS(=O)(=O)c1ccc(Cl)c(N)c1Cl. The molecule has 3 N–H and O–H groups in total. The smallest absolute Gasteiger partial charge is 0.242 e. The van der Waals surface area contributed by atoms with Gasteiger partial charge in [0, 0.05) is 6.04 Å². The first-order chi connectivity index (χ1) is 8.16. The van der Waals surface area contributed by atoms with Crippen LogP contribution in [0.4, 0.5) is 5.69 Å². The van der Waals surface area contributed by atoms with Crippen molar-refractivity contribution in [2.45, 2.75) is 31.7 Å². The summed E-state index contributed by atoms with van der Waals surface area (Å²) in [7, 11) is -3.70. The highest BCUT2D eigenvalue weighted by Gasteiger charge is 2.23. The van der Waals surface area contributed by atoms with Crippen LogP contribution in [0.5, 0.6) is 0 Å². The highest BCUT2D eigenvalue weighted by Crippen LogP contribution is 2.33. The van der Waals surface area contributed by atoms with E-state index in [2.05, 4.69) is 4.72 Å². The summed E-state index contributed by atoms with van der Waals surface area (Å²) in [6, 6.07) is 2.55. The molecule has 0 fully saturated rings. The Bertz CT molecular complexity index is 544. The molecule has 0 radical (unpaired) electrons. The predicted octanol–water partition coefficient (Wildman–Crippen LogP) is 2.90. The summed E-state index contributed by atoms with van der Waals surface area (Å²) in [5.74, 6) is 0.170. The van der Waals surface area contributed by atoms with E-state index < -0.39 is 10.0 Å². The molecule has 0 spiro atoms. The molecule has 102 valence electrons. The highest BCUT2D eigenvalue weighted by atomic mass is 35.5. The zero-order valence-electron chi connectivity index (χ0n) is 10.4. The van der Waals surface area contributed by atoms with E-state index in [1.54, 1.807) is 6.92 Å². The summed E-state index contributed by atoms with van der Waals surface area (Å²) >= 11 is 11.7. The lowest BCUT2D eigenvalue weighted by atomic mass is 10.1. The van der Waals surface area contributed by atoms with Gasteiger partial charge in [-0.3, -0.25) is 0 Å². The first-order valence-electron chi connectivity index (χ1n) is 5.42. The topological polar surface area (TPSA) is 72.2 Å². The lowest BCUT2D eigenvalue weighted by molar-refractivity contribution is 0.476. The van der Waals surface area contributed by atoms with Gasteiger partial charge in [-0.05, 0) is 25.0 Å². The van der Waals surface area contributed by atoms with Crippen LogP contribution in [0.15, 0.2) is 17.0 Å². The summed E-state index contributed by atoms with van der Waals surface area (Å²) in [4.78, 5) is -0.0569. The van der Waals surface area contributed by atoms with Crippen molar-refractivity contribution in [3.63, 3.8) is 0 Å². The van der Waals surface area contributed by atoms with Crippen LogP contribution < -0.4 is 10.5 Å². The van der Waals surface area contributed by atoms with Crippen LogP contribution >= 0.6 is 23.2 Å². The number of benzene rings is 1. The molecule has 1 atom stereocenters. The number of halogens is 2. The Morgan fingerprint density at radius 2 is 1.78 bits per heavy atom. The molecule has 0 heterocycles. The number of rotatable bonds is 4. The van der Waals surface area contributed by atoms with Gasteiger partial charge >= 0.3 is 0 Å². The molecule has 0 aliphatic heterocycles. The molecule has 18 heavy (non-hydrogen) atoms. The van der Waals surface area contributed by atoms with Gasteiger partial charge in [0.05, 0.1) is 15.7 Å². The molecule has 0 saturated carbocycles. The van der Waals surface area contributed by atoms with Crippen molar-refractivity contribution >= 4 is 38.9 Å². The summed E-state index contributed by atoms with van der Waals surface area (Å²) in [5.41, 5.74) is 5.68. The quantitative estimate of drug-likeness (QED) is 0.840. The number of nitrogen functional groups attached to an aromatic ring is 1. The molecule has 4 nitrogen and oxygen atoms in total. The largest absolute Gasteiger partial charge is 0.396 e. The fourth-order valence-corrected chi connectivity index (χ4v) is 3.36. The lowest BCUT2D eigenvalue weighted by Crippen LogP contribution is -2.36. The number of anilines is 1. The molecule has 7 heteroatoms. The number of hydrogen-bond donors (Lipinski definition) is 2. The van der Waals surface area contributed by atoms with Gasteiger partial charge in [-0.15, -0.1) is 0 Å². The summed E-state index contributed by atoms with van der Waals surface area (Å²) in [6.07, 6.45) is 0. The van der Waals surface area contributed by atoms with Gasteiger partial charge in [0.25, 0.3) is 0 Å². The summed E-state index contributed by atoms with van der Waals surface area (Å²) < 4.78 is 26.8. The Balaban J connectivity index is 3.18. The van der Waals surface area contributed by atoms with E-state index in [1.165, 1.54) is 12.1 Å². The van der Waals surface area contributed by atoms with E-state index in [-0.39, 0.29) is 32.6 Å². The zero-order valence-corrected chi connectivity index (χ0v) is 12.7. The number of nitrogens with two attached hydrogens (primary N) is 1. The van der Waals surface area contributed by atoms with E-state index in [0.717, 1.165) is 0 Å². The van der Waals surface area contributed by atoms with Crippen LogP contribution in [-0.4, -0.2) is 14.5 Å². The zero-order chi connectivity index (χ0) is 14.1. The first-order valence-corrected chi connectivity index (χ1v) is 7.66. The molecule has 1 aromatic carbocycles. The maximum absolute atomic E-state index is 12.1. The Labute approximate surface area is 118 Å². The molecule has 0 amide bonds. The molecule has 1 aromatic rings. The Hall–Kier alpha value is -0.490. The van der Waals surface area contributed by atoms with Crippen molar-refractivity contribution in [1.82, 2.24) is 4.72 Å². The average Bonchev–Trinajstić information content (AvgIpc) is 2.24.